The second-order valence-corrected chi connectivity index (χ2v) is 8.35. The van der Waals surface area contributed by atoms with Crippen molar-refractivity contribution in [2.45, 2.75) is 40.5 Å². The molecule has 0 atom stereocenters. The first-order valence-corrected chi connectivity index (χ1v) is 10.8. The van der Waals surface area contributed by atoms with Crippen molar-refractivity contribution in [3.8, 4) is 0 Å². The van der Waals surface area contributed by atoms with E-state index in [0.717, 1.165) is 34.5 Å². The van der Waals surface area contributed by atoms with Gasteiger partial charge in [-0.3, -0.25) is 4.79 Å². The first kappa shape index (κ1) is 23.4. The summed E-state index contributed by atoms with van der Waals surface area (Å²) in [6, 6.07) is 20.4. The van der Waals surface area contributed by atoms with E-state index < -0.39 is 0 Å². The van der Waals surface area contributed by atoms with E-state index in [-0.39, 0.29) is 5.56 Å². The average molecular weight is 447 g/mol. The van der Waals surface area contributed by atoms with Crippen molar-refractivity contribution >= 4 is 11.6 Å². The zero-order valence-corrected chi connectivity index (χ0v) is 19.6. The zero-order valence-electron chi connectivity index (χ0n) is 18.8. The Balaban J connectivity index is 0.000000181. The van der Waals surface area contributed by atoms with E-state index >= 15 is 0 Å². The standard InChI is InChI=1S/C13H13ClN2.C13H14N2O/c1-9-3-5-11(6-4-9)8-12-7-10(2)15-16-13(12)14;1-9-3-5-11(6-4-9)8-12-7-10(2)14-15-13(12)16/h3-7H,8H2,1-2H3;3-7H,8H2,1-2H3,(H,15,16). The molecule has 0 bridgehead atoms. The fourth-order valence-electron chi connectivity index (χ4n) is 3.20. The Morgan fingerprint density at radius 2 is 1.22 bits per heavy atom. The van der Waals surface area contributed by atoms with Crippen LogP contribution < -0.4 is 5.56 Å². The molecule has 6 heteroatoms. The Morgan fingerprint density at radius 1 is 0.719 bits per heavy atom. The van der Waals surface area contributed by atoms with E-state index in [1.54, 1.807) is 0 Å². The minimum Gasteiger partial charge on any atom is -0.268 e. The third-order valence-electron chi connectivity index (χ3n) is 4.98. The summed E-state index contributed by atoms with van der Waals surface area (Å²) in [4.78, 5) is 11.5. The van der Waals surface area contributed by atoms with Crippen molar-refractivity contribution in [3.05, 3.63) is 121 Å². The van der Waals surface area contributed by atoms with Crippen LogP contribution in [-0.2, 0) is 12.8 Å². The monoisotopic (exact) mass is 446 g/mol. The number of benzene rings is 2. The fraction of sp³-hybridized carbons (Fsp3) is 0.231. The number of nitrogens with zero attached hydrogens (tertiary/aromatic N) is 3. The first-order chi connectivity index (χ1) is 15.3. The van der Waals surface area contributed by atoms with Gasteiger partial charge in [-0.1, -0.05) is 71.3 Å². The van der Waals surface area contributed by atoms with Crippen LogP contribution in [0.25, 0.3) is 0 Å². The van der Waals surface area contributed by atoms with Crippen molar-refractivity contribution < 1.29 is 0 Å². The smallest absolute Gasteiger partial charge is 0.267 e. The minimum absolute atomic E-state index is 0.105. The molecule has 0 fully saturated rings. The number of hydrogen-bond acceptors (Lipinski definition) is 4. The van der Waals surface area contributed by atoms with Crippen LogP contribution >= 0.6 is 11.6 Å². The molecule has 32 heavy (non-hydrogen) atoms. The number of nitrogens with one attached hydrogen (secondary N) is 1. The van der Waals surface area contributed by atoms with Gasteiger partial charge in [0.1, 0.15) is 0 Å². The van der Waals surface area contributed by atoms with Gasteiger partial charge in [-0.2, -0.15) is 10.2 Å². The number of aryl methyl sites for hydroxylation is 4. The van der Waals surface area contributed by atoms with E-state index in [4.69, 9.17) is 11.6 Å². The molecule has 0 unspecified atom stereocenters. The predicted molar refractivity (Wildman–Crippen MR) is 129 cm³/mol. The SMILES string of the molecule is Cc1ccc(Cc2cc(C)n[nH]c2=O)cc1.Cc1ccc(Cc2cc(C)nnc2Cl)cc1. The summed E-state index contributed by atoms with van der Waals surface area (Å²) >= 11 is 6.00. The van der Waals surface area contributed by atoms with Crippen molar-refractivity contribution in [2.24, 2.45) is 0 Å². The Bertz CT molecular complexity index is 1230. The average Bonchev–Trinajstić information content (AvgIpc) is 2.77. The van der Waals surface area contributed by atoms with Crippen LogP contribution in [-0.4, -0.2) is 20.4 Å². The molecular weight excluding hydrogens is 420 g/mol. The van der Waals surface area contributed by atoms with E-state index in [2.05, 4.69) is 63.7 Å². The van der Waals surface area contributed by atoms with Crippen molar-refractivity contribution in [2.75, 3.05) is 0 Å². The van der Waals surface area contributed by atoms with Crippen molar-refractivity contribution in [3.63, 3.8) is 0 Å². The van der Waals surface area contributed by atoms with Crippen molar-refractivity contribution in [1.82, 2.24) is 20.4 Å². The van der Waals surface area contributed by atoms with Gasteiger partial charge in [0, 0.05) is 18.4 Å². The third kappa shape index (κ3) is 6.86. The number of halogens is 1. The minimum atomic E-state index is -0.105. The number of hydrogen-bond donors (Lipinski definition) is 1. The summed E-state index contributed by atoms with van der Waals surface area (Å²) in [5.41, 5.74) is 8.28. The van der Waals surface area contributed by atoms with E-state index in [1.165, 1.54) is 16.7 Å². The molecule has 2 heterocycles. The lowest BCUT2D eigenvalue weighted by molar-refractivity contribution is 0.913. The highest BCUT2D eigenvalue weighted by atomic mass is 35.5. The molecule has 2 aromatic carbocycles. The van der Waals surface area contributed by atoms with Gasteiger partial charge in [0.15, 0.2) is 5.15 Å². The molecule has 0 aliphatic rings. The molecule has 0 spiro atoms. The second kappa shape index (κ2) is 10.8. The van der Waals surface area contributed by atoms with Crippen LogP contribution in [0, 0.1) is 27.7 Å². The summed E-state index contributed by atoms with van der Waals surface area (Å²) in [7, 11) is 0. The van der Waals surface area contributed by atoms with Crippen LogP contribution in [0.2, 0.25) is 5.15 Å². The molecule has 0 saturated carbocycles. The zero-order chi connectivity index (χ0) is 23.1. The summed E-state index contributed by atoms with van der Waals surface area (Å²) in [5, 5.41) is 14.7. The maximum absolute atomic E-state index is 11.5. The molecule has 5 nitrogen and oxygen atoms in total. The van der Waals surface area contributed by atoms with Gasteiger partial charge in [-0.25, -0.2) is 5.10 Å². The lowest BCUT2D eigenvalue weighted by atomic mass is 10.1. The molecule has 0 radical (unpaired) electrons. The highest BCUT2D eigenvalue weighted by Crippen LogP contribution is 2.17. The van der Waals surface area contributed by atoms with Gasteiger partial charge in [-0.05, 0) is 56.5 Å². The molecule has 0 amide bonds. The molecule has 164 valence electrons. The fourth-order valence-corrected chi connectivity index (χ4v) is 3.35. The third-order valence-corrected chi connectivity index (χ3v) is 5.30. The number of aromatic nitrogens is 4. The first-order valence-electron chi connectivity index (χ1n) is 10.4. The van der Waals surface area contributed by atoms with Gasteiger partial charge >= 0.3 is 0 Å². The van der Waals surface area contributed by atoms with Crippen LogP contribution in [0.1, 0.15) is 44.8 Å². The van der Waals surface area contributed by atoms with Crippen LogP contribution in [0.5, 0.6) is 0 Å². The quantitative estimate of drug-likeness (QED) is 0.460. The maximum atomic E-state index is 11.5. The van der Waals surface area contributed by atoms with E-state index in [0.29, 0.717) is 11.6 Å². The van der Waals surface area contributed by atoms with E-state index in [1.807, 2.05) is 45.0 Å². The van der Waals surface area contributed by atoms with Crippen molar-refractivity contribution in [1.29, 1.82) is 0 Å². The highest BCUT2D eigenvalue weighted by molar-refractivity contribution is 6.30. The highest BCUT2D eigenvalue weighted by Gasteiger charge is 2.04. The van der Waals surface area contributed by atoms with Crippen LogP contribution in [0.4, 0.5) is 0 Å². The Morgan fingerprint density at radius 3 is 1.78 bits per heavy atom. The lowest BCUT2D eigenvalue weighted by Gasteiger charge is -2.04. The molecular formula is C26H27ClN4O. The Labute approximate surface area is 193 Å². The molecule has 0 saturated heterocycles. The van der Waals surface area contributed by atoms with Crippen LogP contribution in [0.3, 0.4) is 0 Å². The van der Waals surface area contributed by atoms with Gasteiger partial charge in [0.25, 0.3) is 5.56 Å². The Kier molecular flexibility index (Phi) is 7.90. The predicted octanol–water partition coefficient (Wildman–Crippen LogP) is 5.32. The summed E-state index contributed by atoms with van der Waals surface area (Å²) < 4.78 is 0. The maximum Gasteiger partial charge on any atom is 0.267 e. The largest absolute Gasteiger partial charge is 0.268 e. The molecule has 4 rings (SSSR count). The topological polar surface area (TPSA) is 71.5 Å². The number of rotatable bonds is 4. The lowest BCUT2D eigenvalue weighted by Crippen LogP contribution is -2.15. The summed E-state index contributed by atoms with van der Waals surface area (Å²) in [6.07, 6.45) is 1.45. The number of H-pyrrole nitrogens is 1. The molecule has 0 aliphatic carbocycles. The van der Waals surface area contributed by atoms with Gasteiger partial charge in [0.2, 0.25) is 0 Å². The summed E-state index contributed by atoms with van der Waals surface area (Å²) in [5.74, 6) is 0. The molecule has 1 N–H and O–H groups in total. The Hall–Kier alpha value is -3.31. The molecule has 2 aromatic heterocycles. The summed E-state index contributed by atoms with van der Waals surface area (Å²) in [6.45, 7) is 7.92. The normalized spacial score (nSPS) is 10.4. The number of aromatic amines is 1. The van der Waals surface area contributed by atoms with Crippen LogP contribution in [0.15, 0.2) is 65.5 Å². The van der Waals surface area contributed by atoms with Gasteiger partial charge in [0.05, 0.1) is 11.4 Å². The van der Waals surface area contributed by atoms with E-state index in [9.17, 15) is 4.79 Å². The van der Waals surface area contributed by atoms with Gasteiger partial charge in [-0.15, -0.1) is 5.10 Å². The second-order valence-electron chi connectivity index (χ2n) is 7.99. The molecule has 0 aliphatic heterocycles. The molecule has 4 aromatic rings. The van der Waals surface area contributed by atoms with Gasteiger partial charge < -0.3 is 0 Å².